The van der Waals surface area contributed by atoms with E-state index < -0.39 is 5.97 Å². The van der Waals surface area contributed by atoms with Crippen molar-refractivity contribution in [1.29, 1.82) is 0 Å². The molecule has 0 unspecified atom stereocenters. The van der Waals surface area contributed by atoms with Gasteiger partial charge in [0.05, 0.1) is 15.7 Å². The highest BCUT2D eigenvalue weighted by Gasteiger charge is 2.19. The van der Waals surface area contributed by atoms with Crippen LogP contribution in [-0.4, -0.2) is 16.1 Å². The van der Waals surface area contributed by atoms with Gasteiger partial charge in [0.25, 0.3) is 0 Å². The summed E-state index contributed by atoms with van der Waals surface area (Å²) in [6.45, 7) is 3.71. The molecule has 0 radical (unpaired) electrons. The van der Waals surface area contributed by atoms with Gasteiger partial charge in [0.2, 0.25) is 0 Å². The predicted molar refractivity (Wildman–Crippen MR) is 69.0 cm³/mol. The van der Waals surface area contributed by atoms with Gasteiger partial charge in [-0.1, -0.05) is 23.7 Å². The van der Waals surface area contributed by atoms with Crippen LogP contribution in [0.4, 0.5) is 0 Å². The number of halogens is 1. The molecule has 0 amide bonds. The molecule has 3 nitrogen and oxygen atoms in total. The van der Waals surface area contributed by atoms with Crippen molar-refractivity contribution >= 4 is 28.9 Å². The van der Waals surface area contributed by atoms with Crippen LogP contribution in [0.3, 0.4) is 0 Å². The molecule has 0 saturated heterocycles. The molecule has 1 N–H and O–H groups in total. The highest BCUT2D eigenvalue weighted by atomic mass is 35.5. The van der Waals surface area contributed by atoms with Crippen molar-refractivity contribution in [3.63, 3.8) is 0 Å². The third-order valence-electron chi connectivity index (χ3n) is 2.31. The minimum atomic E-state index is -0.970. The van der Waals surface area contributed by atoms with Gasteiger partial charge in [0.15, 0.2) is 0 Å². The van der Waals surface area contributed by atoms with Crippen LogP contribution in [0.5, 0.6) is 0 Å². The van der Waals surface area contributed by atoms with E-state index in [1.54, 1.807) is 19.1 Å². The summed E-state index contributed by atoms with van der Waals surface area (Å²) in [6, 6.07) is 5.50. The molecule has 17 heavy (non-hydrogen) atoms. The first-order valence-electron chi connectivity index (χ1n) is 4.96. The average Bonchev–Trinajstić information content (AvgIpc) is 2.60. The van der Waals surface area contributed by atoms with E-state index in [2.05, 4.69) is 4.98 Å². The van der Waals surface area contributed by atoms with Crippen molar-refractivity contribution in [1.82, 2.24) is 4.98 Å². The fourth-order valence-corrected chi connectivity index (χ4v) is 2.66. The standard InChI is InChI=1S/C12H10ClNO2S/c1-6-3-4-8(9(13)5-6)10-11(12(15)16)17-7(2)14-10/h3-5H,1-2H3,(H,15,16). The Morgan fingerprint density at radius 1 is 1.41 bits per heavy atom. The lowest BCUT2D eigenvalue weighted by atomic mass is 10.1. The Bertz CT molecular complexity index is 592. The van der Waals surface area contributed by atoms with Crippen molar-refractivity contribution < 1.29 is 9.90 Å². The zero-order chi connectivity index (χ0) is 12.6. The zero-order valence-electron chi connectivity index (χ0n) is 9.32. The summed E-state index contributed by atoms with van der Waals surface area (Å²) < 4.78 is 0. The summed E-state index contributed by atoms with van der Waals surface area (Å²) in [5, 5.41) is 10.4. The smallest absolute Gasteiger partial charge is 0.348 e. The Morgan fingerprint density at radius 3 is 2.71 bits per heavy atom. The maximum absolute atomic E-state index is 11.1. The number of aryl methyl sites for hydroxylation is 2. The SMILES string of the molecule is Cc1ccc(-c2nc(C)sc2C(=O)O)c(Cl)c1. The van der Waals surface area contributed by atoms with E-state index in [1.807, 2.05) is 13.0 Å². The largest absolute Gasteiger partial charge is 0.477 e. The summed E-state index contributed by atoms with van der Waals surface area (Å²) >= 11 is 7.28. The molecular weight excluding hydrogens is 258 g/mol. The molecule has 0 spiro atoms. The fourth-order valence-electron chi connectivity index (χ4n) is 1.57. The number of carboxylic acid groups (broad SMARTS) is 1. The van der Waals surface area contributed by atoms with Crippen molar-refractivity contribution in [3.8, 4) is 11.3 Å². The first-order valence-corrected chi connectivity index (χ1v) is 6.15. The van der Waals surface area contributed by atoms with Gasteiger partial charge in [-0.25, -0.2) is 9.78 Å². The number of nitrogens with zero attached hydrogens (tertiary/aromatic N) is 1. The second kappa shape index (κ2) is 4.47. The highest BCUT2D eigenvalue weighted by Crippen LogP contribution is 2.33. The Labute approximate surface area is 108 Å². The van der Waals surface area contributed by atoms with Gasteiger partial charge in [-0.05, 0) is 25.5 Å². The molecule has 5 heteroatoms. The molecule has 0 aliphatic rings. The molecule has 0 fully saturated rings. The lowest BCUT2D eigenvalue weighted by molar-refractivity contribution is 0.0702. The summed E-state index contributed by atoms with van der Waals surface area (Å²) in [5.74, 6) is -0.970. The number of carboxylic acids is 1. The maximum atomic E-state index is 11.1. The van der Waals surface area contributed by atoms with Crippen molar-refractivity contribution in [3.05, 3.63) is 38.7 Å². The highest BCUT2D eigenvalue weighted by molar-refractivity contribution is 7.14. The lowest BCUT2D eigenvalue weighted by Gasteiger charge is -2.03. The third-order valence-corrected chi connectivity index (χ3v) is 3.58. The number of hydrogen-bond acceptors (Lipinski definition) is 3. The summed E-state index contributed by atoms with van der Waals surface area (Å²) in [4.78, 5) is 15.6. The van der Waals surface area contributed by atoms with Gasteiger partial charge in [0, 0.05) is 5.56 Å². The minimum absolute atomic E-state index is 0.230. The number of aromatic carboxylic acids is 1. The van der Waals surface area contributed by atoms with Gasteiger partial charge >= 0.3 is 5.97 Å². The van der Waals surface area contributed by atoms with Crippen LogP contribution in [0, 0.1) is 13.8 Å². The van der Waals surface area contributed by atoms with Gasteiger partial charge in [-0.3, -0.25) is 0 Å². The monoisotopic (exact) mass is 267 g/mol. The number of hydrogen-bond donors (Lipinski definition) is 1. The van der Waals surface area contributed by atoms with Crippen LogP contribution >= 0.6 is 22.9 Å². The quantitative estimate of drug-likeness (QED) is 0.901. The van der Waals surface area contributed by atoms with Gasteiger partial charge in [0.1, 0.15) is 4.88 Å². The van der Waals surface area contributed by atoms with Crippen LogP contribution in [0.2, 0.25) is 5.02 Å². The third kappa shape index (κ3) is 2.33. The molecule has 0 aliphatic heterocycles. The molecule has 1 aromatic carbocycles. The van der Waals surface area contributed by atoms with E-state index in [9.17, 15) is 4.79 Å². The van der Waals surface area contributed by atoms with Gasteiger partial charge in [-0.15, -0.1) is 11.3 Å². The van der Waals surface area contributed by atoms with E-state index >= 15 is 0 Å². The maximum Gasteiger partial charge on any atom is 0.348 e. The van der Waals surface area contributed by atoms with E-state index in [4.69, 9.17) is 16.7 Å². The molecule has 2 aromatic rings. The molecule has 1 heterocycles. The second-order valence-electron chi connectivity index (χ2n) is 3.70. The molecule has 88 valence electrons. The van der Waals surface area contributed by atoms with Crippen molar-refractivity contribution in [2.45, 2.75) is 13.8 Å². The van der Waals surface area contributed by atoms with Gasteiger partial charge in [-0.2, -0.15) is 0 Å². The summed E-state index contributed by atoms with van der Waals surface area (Å²) in [5.41, 5.74) is 2.14. The van der Waals surface area contributed by atoms with Crippen LogP contribution < -0.4 is 0 Å². The molecule has 0 aliphatic carbocycles. The minimum Gasteiger partial charge on any atom is -0.477 e. The predicted octanol–water partition coefficient (Wildman–Crippen LogP) is 3.78. The topological polar surface area (TPSA) is 50.2 Å². The Hall–Kier alpha value is -1.39. The van der Waals surface area contributed by atoms with E-state index in [-0.39, 0.29) is 4.88 Å². The van der Waals surface area contributed by atoms with Gasteiger partial charge < -0.3 is 5.11 Å². The molecule has 0 atom stereocenters. The zero-order valence-corrected chi connectivity index (χ0v) is 10.9. The number of rotatable bonds is 2. The van der Waals surface area contributed by atoms with E-state index in [1.165, 1.54) is 0 Å². The molecule has 0 bridgehead atoms. The fraction of sp³-hybridized carbons (Fsp3) is 0.167. The normalized spacial score (nSPS) is 10.5. The van der Waals surface area contributed by atoms with Crippen LogP contribution in [0.15, 0.2) is 18.2 Å². The lowest BCUT2D eigenvalue weighted by Crippen LogP contribution is -1.96. The number of thiazole rings is 1. The first-order chi connectivity index (χ1) is 7.99. The van der Waals surface area contributed by atoms with Crippen molar-refractivity contribution in [2.75, 3.05) is 0 Å². The molecule has 1 aromatic heterocycles. The van der Waals surface area contributed by atoms with Crippen LogP contribution in [0.1, 0.15) is 20.2 Å². The molecule has 0 saturated carbocycles. The van der Waals surface area contributed by atoms with Crippen LogP contribution in [-0.2, 0) is 0 Å². The Kier molecular flexibility index (Phi) is 3.17. The Balaban J connectivity index is 2.63. The molecule has 2 rings (SSSR count). The van der Waals surface area contributed by atoms with Crippen molar-refractivity contribution in [2.24, 2.45) is 0 Å². The summed E-state index contributed by atoms with van der Waals surface area (Å²) in [7, 11) is 0. The number of carbonyl (C=O) groups is 1. The van der Waals surface area contributed by atoms with E-state index in [0.29, 0.717) is 21.3 Å². The molecular formula is C12H10ClNO2S. The average molecular weight is 268 g/mol. The number of aromatic nitrogens is 1. The van der Waals surface area contributed by atoms with E-state index in [0.717, 1.165) is 16.9 Å². The first kappa shape index (κ1) is 12.1. The number of benzene rings is 1. The van der Waals surface area contributed by atoms with Crippen LogP contribution in [0.25, 0.3) is 11.3 Å². The second-order valence-corrected chi connectivity index (χ2v) is 5.31. The Morgan fingerprint density at radius 2 is 2.12 bits per heavy atom. The summed E-state index contributed by atoms with van der Waals surface area (Å²) in [6.07, 6.45) is 0.